The summed E-state index contributed by atoms with van der Waals surface area (Å²) in [5.74, 6) is -0.865. The lowest BCUT2D eigenvalue weighted by Crippen LogP contribution is -2.43. The van der Waals surface area contributed by atoms with E-state index in [4.69, 9.17) is 5.21 Å². The lowest BCUT2D eigenvalue weighted by Gasteiger charge is -2.30. The molecule has 0 spiro atoms. The van der Waals surface area contributed by atoms with Gasteiger partial charge in [-0.2, -0.15) is 0 Å². The number of likely N-dealkylation sites (N-methyl/N-ethyl adjacent to an activating group) is 1. The number of hydrogen-bond acceptors (Lipinski definition) is 11. The molecule has 12 nitrogen and oxygen atoms in total. The Morgan fingerprint density at radius 1 is 1.42 bits per heavy atom. The van der Waals surface area contributed by atoms with Crippen LogP contribution in [0.2, 0.25) is 0 Å². The van der Waals surface area contributed by atoms with Gasteiger partial charge in [-0.15, -0.1) is 0 Å². The number of rotatable bonds is 7. The Kier molecular flexibility index (Phi) is 5.84. The molecule has 0 aliphatic carbocycles. The van der Waals surface area contributed by atoms with Crippen molar-refractivity contribution in [3.63, 3.8) is 0 Å². The first-order valence-corrected chi connectivity index (χ1v) is 7.34. The van der Waals surface area contributed by atoms with Crippen LogP contribution < -0.4 is 21.1 Å². The zero-order chi connectivity index (χ0) is 19.4. The van der Waals surface area contributed by atoms with Crippen LogP contribution in [-0.2, 0) is 0 Å². The first-order chi connectivity index (χ1) is 12.3. The standard InChI is InChI=1S/C14H18N5O7/c1-17-12(11(6-15-17)19(25)26)14(22)16-10(7-20)13(21)8-2-4-9(5-3-8)18(23)24/h2-6,10,13,15-16,20-23H,7H2,1H3/q-1/p-1/t10-,13-/m1/s1. The van der Waals surface area contributed by atoms with E-state index in [0.29, 0.717) is 0 Å². The van der Waals surface area contributed by atoms with Crippen molar-refractivity contribution in [3.05, 3.63) is 68.6 Å². The molecule has 0 aromatic heterocycles. The molecule has 5 N–H and O–H groups in total. The molecule has 1 aromatic rings. The largest absolute Gasteiger partial charge is 0.859 e. The minimum atomic E-state index is -1.36. The molecule has 0 unspecified atom stereocenters. The summed E-state index contributed by atoms with van der Waals surface area (Å²) in [6.45, 7) is -0.649. The Bertz CT molecular complexity index is 719. The van der Waals surface area contributed by atoms with Gasteiger partial charge in [0.15, 0.2) is 0 Å². The molecule has 1 heterocycles. The smallest absolute Gasteiger partial charge is 0.312 e. The van der Waals surface area contributed by atoms with Gasteiger partial charge in [0.1, 0.15) is 11.8 Å². The maximum Gasteiger partial charge on any atom is 0.312 e. The van der Waals surface area contributed by atoms with Crippen molar-refractivity contribution in [1.29, 1.82) is 0 Å². The van der Waals surface area contributed by atoms with Gasteiger partial charge in [-0.05, 0) is 23.6 Å². The minimum Gasteiger partial charge on any atom is -0.859 e. The van der Waals surface area contributed by atoms with E-state index in [0.717, 1.165) is 11.2 Å². The van der Waals surface area contributed by atoms with E-state index in [1.165, 1.54) is 31.3 Å². The number of nitrogens with one attached hydrogen (secondary N) is 2. The highest BCUT2D eigenvalue weighted by molar-refractivity contribution is 5.46. The molecule has 26 heavy (non-hydrogen) atoms. The summed E-state index contributed by atoms with van der Waals surface area (Å²) >= 11 is 0. The zero-order valence-electron chi connectivity index (χ0n) is 13.6. The second-order valence-corrected chi connectivity index (χ2v) is 5.40. The molecule has 1 aliphatic rings. The number of nitrogens with zero attached hydrogens (tertiary/aromatic N) is 3. The van der Waals surface area contributed by atoms with E-state index in [9.17, 15) is 30.6 Å². The van der Waals surface area contributed by atoms with Gasteiger partial charge < -0.3 is 31.1 Å². The van der Waals surface area contributed by atoms with Crippen LogP contribution in [0.5, 0.6) is 0 Å². The molecular weight excluding hydrogens is 350 g/mol. The third-order valence-electron chi connectivity index (χ3n) is 3.73. The maximum atomic E-state index is 12.3. The number of anilines is 1. The number of aliphatic hydroxyl groups excluding tert-OH is 2. The lowest BCUT2D eigenvalue weighted by molar-refractivity contribution is -0.423. The highest BCUT2D eigenvalue weighted by Gasteiger charge is 2.29. The van der Waals surface area contributed by atoms with Gasteiger partial charge in [0.2, 0.25) is 0 Å². The van der Waals surface area contributed by atoms with E-state index in [1.54, 1.807) is 0 Å². The molecule has 12 heteroatoms. The van der Waals surface area contributed by atoms with E-state index < -0.39 is 35.3 Å². The normalized spacial score (nSPS) is 17.9. The van der Waals surface area contributed by atoms with Crippen molar-refractivity contribution in [2.45, 2.75) is 12.1 Å². The Morgan fingerprint density at radius 2 is 2.04 bits per heavy atom. The van der Waals surface area contributed by atoms with Crippen LogP contribution in [0.15, 0.2) is 47.7 Å². The topological polar surface area (TPSA) is 180 Å². The Balaban J connectivity index is 2.21. The van der Waals surface area contributed by atoms with Crippen LogP contribution in [0.1, 0.15) is 11.7 Å². The van der Waals surface area contributed by atoms with E-state index >= 15 is 0 Å². The summed E-state index contributed by atoms with van der Waals surface area (Å²) in [5, 5.41) is 65.8. The Labute approximate surface area is 147 Å². The van der Waals surface area contributed by atoms with Gasteiger partial charge in [-0.25, -0.2) is 0 Å². The quantitative estimate of drug-likeness (QED) is 0.214. The van der Waals surface area contributed by atoms with Crippen molar-refractivity contribution < 1.29 is 25.5 Å². The van der Waals surface area contributed by atoms with Crippen molar-refractivity contribution in [1.82, 2.24) is 15.8 Å². The molecule has 2 atom stereocenters. The van der Waals surface area contributed by atoms with Gasteiger partial charge in [0.25, 0.3) is 0 Å². The number of nitro groups is 1. The fourth-order valence-corrected chi connectivity index (χ4v) is 2.36. The molecule has 0 fully saturated rings. The third kappa shape index (κ3) is 3.94. The fraction of sp³-hybridized carbons (Fsp3) is 0.286. The summed E-state index contributed by atoms with van der Waals surface area (Å²) in [7, 11) is 1.40. The summed E-state index contributed by atoms with van der Waals surface area (Å²) in [6.07, 6.45) is -0.318. The molecule has 0 bridgehead atoms. The summed E-state index contributed by atoms with van der Waals surface area (Å²) < 4.78 is 0. The van der Waals surface area contributed by atoms with Gasteiger partial charge in [-0.1, -0.05) is 12.1 Å². The van der Waals surface area contributed by atoms with Crippen molar-refractivity contribution in [2.75, 3.05) is 18.9 Å². The van der Waals surface area contributed by atoms with Crippen molar-refractivity contribution in [3.8, 4) is 0 Å². The van der Waals surface area contributed by atoms with Crippen molar-refractivity contribution >= 4 is 5.69 Å². The molecule has 0 radical (unpaired) electrons. The molecule has 2 rings (SSSR count). The van der Waals surface area contributed by atoms with Crippen LogP contribution in [0.4, 0.5) is 5.69 Å². The molecule has 0 saturated carbocycles. The second kappa shape index (κ2) is 7.88. The first-order valence-electron chi connectivity index (χ1n) is 7.34. The van der Waals surface area contributed by atoms with Crippen LogP contribution in [0.3, 0.4) is 0 Å². The van der Waals surface area contributed by atoms with Crippen LogP contribution in [-0.4, -0.2) is 45.0 Å². The molecule has 0 amide bonds. The first kappa shape index (κ1) is 19.3. The summed E-state index contributed by atoms with van der Waals surface area (Å²) in [4.78, 5) is 10.2. The van der Waals surface area contributed by atoms with Gasteiger partial charge >= 0.3 is 5.70 Å². The van der Waals surface area contributed by atoms with Crippen LogP contribution in [0, 0.1) is 15.3 Å². The molecule has 0 saturated heterocycles. The number of hydrogen-bond donors (Lipinski definition) is 5. The Hall–Kier alpha value is -3.06. The predicted octanol–water partition coefficient (Wildman–Crippen LogP) is -1.54. The fourth-order valence-electron chi connectivity index (χ4n) is 2.36. The lowest BCUT2D eigenvalue weighted by atomic mass is 10.0. The monoisotopic (exact) mass is 367 g/mol. The highest BCUT2D eigenvalue weighted by Crippen LogP contribution is 2.23. The van der Waals surface area contributed by atoms with Crippen molar-refractivity contribution in [2.24, 2.45) is 0 Å². The average Bonchev–Trinajstić information content (AvgIpc) is 3.01. The highest BCUT2D eigenvalue weighted by atomic mass is 16.8. The van der Waals surface area contributed by atoms with Crippen LogP contribution in [0.25, 0.3) is 0 Å². The van der Waals surface area contributed by atoms with Crippen LogP contribution >= 0.6 is 0 Å². The van der Waals surface area contributed by atoms with E-state index in [-0.39, 0.29) is 22.2 Å². The molecule has 142 valence electrons. The van der Waals surface area contributed by atoms with E-state index in [1.807, 2.05) is 0 Å². The minimum absolute atomic E-state index is 0.0690. The SMILES string of the molecule is CN1NC=C([N+](=O)[O-])C1=C([O-])N[C@H](CO)[C@H](O)c1ccc(N([O-])O)cc1. The molecule has 1 aromatic carbocycles. The number of hydrazine groups is 1. The molecular formula is C14H17N5O7-2. The molecule has 1 aliphatic heterocycles. The Morgan fingerprint density at radius 3 is 2.54 bits per heavy atom. The van der Waals surface area contributed by atoms with E-state index in [2.05, 4.69) is 10.7 Å². The van der Waals surface area contributed by atoms with Gasteiger partial charge in [0, 0.05) is 7.05 Å². The van der Waals surface area contributed by atoms with Gasteiger partial charge in [0.05, 0.1) is 29.5 Å². The summed E-state index contributed by atoms with van der Waals surface area (Å²) in [5.41, 5.74) is 1.94. The predicted molar refractivity (Wildman–Crippen MR) is 86.0 cm³/mol. The number of aliphatic hydroxyl groups is 2. The maximum absolute atomic E-state index is 12.3. The number of benzene rings is 1. The summed E-state index contributed by atoms with van der Waals surface area (Å²) in [6, 6.07) is 3.96. The zero-order valence-corrected chi connectivity index (χ0v) is 13.6. The average molecular weight is 367 g/mol. The second-order valence-electron chi connectivity index (χ2n) is 5.40. The van der Waals surface area contributed by atoms with Gasteiger partial charge in [-0.3, -0.25) is 25.8 Å². The third-order valence-corrected chi connectivity index (χ3v) is 3.73.